The van der Waals surface area contributed by atoms with Gasteiger partial charge in [-0.3, -0.25) is 4.99 Å². The van der Waals surface area contributed by atoms with Gasteiger partial charge in [0, 0.05) is 32.7 Å². The highest BCUT2D eigenvalue weighted by Crippen LogP contribution is 2.19. The summed E-state index contributed by atoms with van der Waals surface area (Å²) in [5.74, 6) is 1.79. The van der Waals surface area contributed by atoms with Crippen LogP contribution in [0.4, 0.5) is 4.79 Å². The maximum absolute atomic E-state index is 12.4. The van der Waals surface area contributed by atoms with Gasteiger partial charge in [-0.1, -0.05) is 12.1 Å². The van der Waals surface area contributed by atoms with Crippen LogP contribution in [0.2, 0.25) is 0 Å². The minimum atomic E-state index is -0.474. The third-order valence-electron chi connectivity index (χ3n) is 5.01. The number of benzene rings is 1. The van der Waals surface area contributed by atoms with Crippen molar-refractivity contribution in [2.75, 3.05) is 53.4 Å². The first-order chi connectivity index (χ1) is 14.2. The van der Waals surface area contributed by atoms with E-state index in [0.29, 0.717) is 32.8 Å². The van der Waals surface area contributed by atoms with Crippen molar-refractivity contribution < 1.29 is 14.3 Å². The van der Waals surface area contributed by atoms with Crippen LogP contribution in [-0.2, 0) is 11.3 Å². The van der Waals surface area contributed by atoms with Crippen LogP contribution in [-0.4, -0.2) is 91.8 Å². The average Bonchev–Trinajstić information content (AvgIpc) is 3.07. The molecule has 1 aromatic rings. The maximum atomic E-state index is 12.4. The van der Waals surface area contributed by atoms with E-state index >= 15 is 0 Å². The molecule has 0 spiro atoms. The molecule has 1 fully saturated rings. The van der Waals surface area contributed by atoms with Crippen molar-refractivity contribution in [2.24, 2.45) is 4.99 Å². The van der Waals surface area contributed by atoms with Crippen molar-refractivity contribution in [2.45, 2.75) is 39.0 Å². The average molecular weight is 545 g/mol. The highest BCUT2D eigenvalue weighted by atomic mass is 127. The molecular weight excluding hydrogens is 509 g/mol. The fraction of sp³-hybridized carbons (Fsp3) is 0.636. The Labute approximate surface area is 203 Å². The van der Waals surface area contributed by atoms with Crippen LogP contribution in [0.3, 0.4) is 0 Å². The summed E-state index contributed by atoms with van der Waals surface area (Å²) in [6.07, 6.45) is -0.241. The molecule has 1 saturated heterocycles. The molecule has 0 aliphatic carbocycles. The third kappa shape index (κ3) is 7.71. The van der Waals surface area contributed by atoms with Crippen LogP contribution in [0.25, 0.3) is 0 Å². The summed E-state index contributed by atoms with van der Waals surface area (Å²) in [4.78, 5) is 23.2. The number of ether oxygens (including phenoxy) is 2. The van der Waals surface area contributed by atoms with Gasteiger partial charge in [-0.05, 0) is 52.6 Å². The number of hydrogen-bond donors (Lipinski definition) is 1. The summed E-state index contributed by atoms with van der Waals surface area (Å²) in [5, 5.41) is 3.46. The first kappa shape index (κ1) is 25.5. The van der Waals surface area contributed by atoms with Gasteiger partial charge in [-0.2, -0.15) is 0 Å². The Morgan fingerprint density at radius 3 is 2.77 bits per heavy atom. The van der Waals surface area contributed by atoms with Gasteiger partial charge in [0.25, 0.3) is 0 Å². The van der Waals surface area contributed by atoms with Gasteiger partial charge in [0.1, 0.15) is 18.0 Å². The van der Waals surface area contributed by atoms with Crippen LogP contribution < -0.4 is 10.1 Å². The van der Waals surface area contributed by atoms with Gasteiger partial charge in [0.05, 0.1) is 12.6 Å². The number of guanidine groups is 1. The molecule has 1 atom stereocenters. The second kappa shape index (κ2) is 11.2. The number of aliphatic imine (C=N–C) groups is 1. The number of piperazine rings is 1. The predicted molar refractivity (Wildman–Crippen MR) is 133 cm³/mol. The predicted octanol–water partition coefficient (Wildman–Crippen LogP) is 2.63. The van der Waals surface area contributed by atoms with E-state index in [9.17, 15) is 4.79 Å². The summed E-state index contributed by atoms with van der Waals surface area (Å²) < 4.78 is 11.3. The molecule has 31 heavy (non-hydrogen) atoms. The standard InChI is InChI=1S/C22H35N5O3.HI/c1-22(2,3)30-21(28)26-9-10-27-18(16-26)15-24-20(27)23-14-17-7-6-8-19(13-17)29-12-11-25(4)5;/h6-8,13,18H,9-12,14-16H2,1-5H3,(H,23,24);1H. The number of nitrogens with zero attached hydrogens (tertiary/aromatic N) is 4. The van der Waals surface area contributed by atoms with E-state index in [4.69, 9.17) is 9.47 Å². The number of nitrogens with one attached hydrogen (secondary N) is 1. The number of rotatable bonds is 6. The van der Waals surface area contributed by atoms with Crippen LogP contribution in [0.15, 0.2) is 29.3 Å². The Hall–Kier alpha value is -1.75. The number of halogens is 1. The van der Waals surface area contributed by atoms with E-state index in [-0.39, 0.29) is 36.1 Å². The first-order valence-electron chi connectivity index (χ1n) is 10.6. The topological polar surface area (TPSA) is 69.6 Å². The smallest absolute Gasteiger partial charge is 0.410 e. The van der Waals surface area contributed by atoms with Gasteiger partial charge in [-0.25, -0.2) is 4.79 Å². The molecule has 0 bridgehead atoms. The normalized spacial score (nSPS) is 18.3. The summed E-state index contributed by atoms with van der Waals surface area (Å²) in [6, 6.07) is 8.35. The minimum absolute atomic E-state index is 0. The molecule has 0 radical (unpaired) electrons. The van der Waals surface area contributed by atoms with Gasteiger partial charge >= 0.3 is 6.09 Å². The summed E-state index contributed by atoms with van der Waals surface area (Å²) in [7, 11) is 4.07. The molecule has 1 amide bonds. The molecule has 3 rings (SSSR count). The fourth-order valence-corrected chi connectivity index (χ4v) is 3.50. The van der Waals surface area contributed by atoms with Crippen molar-refractivity contribution >= 4 is 36.0 Å². The van der Waals surface area contributed by atoms with Crippen LogP contribution in [0.1, 0.15) is 26.3 Å². The molecule has 2 aliphatic heterocycles. The van der Waals surface area contributed by atoms with Crippen molar-refractivity contribution in [1.29, 1.82) is 0 Å². The number of amides is 1. The monoisotopic (exact) mass is 545 g/mol. The van der Waals surface area contributed by atoms with Crippen molar-refractivity contribution in [3.8, 4) is 5.75 Å². The third-order valence-corrected chi connectivity index (χ3v) is 5.01. The van der Waals surface area contributed by atoms with Crippen LogP contribution in [0.5, 0.6) is 5.75 Å². The lowest BCUT2D eigenvalue weighted by molar-refractivity contribution is 0.0137. The first-order valence-corrected chi connectivity index (χ1v) is 10.6. The molecule has 8 nitrogen and oxygen atoms in total. The maximum Gasteiger partial charge on any atom is 0.410 e. The Balaban J connectivity index is 0.00000341. The Morgan fingerprint density at radius 2 is 2.06 bits per heavy atom. The molecule has 0 aromatic heterocycles. The molecule has 0 saturated carbocycles. The molecule has 2 aliphatic rings. The summed E-state index contributed by atoms with van der Waals surface area (Å²) >= 11 is 0. The molecule has 1 N–H and O–H groups in total. The highest BCUT2D eigenvalue weighted by molar-refractivity contribution is 14.0. The van der Waals surface area contributed by atoms with E-state index in [2.05, 4.69) is 32.2 Å². The molecule has 9 heteroatoms. The molecule has 2 heterocycles. The SMILES string of the molecule is CN(C)CCOc1cccc(CNC2=NCC3CN(C(=O)OC(C)(C)C)CCN23)c1.I. The number of carbonyl (C=O) groups is 1. The van der Waals surface area contributed by atoms with E-state index in [1.54, 1.807) is 4.90 Å². The largest absolute Gasteiger partial charge is 0.492 e. The lowest BCUT2D eigenvalue weighted by Crippen LogP contribution is -2.57. The van der Waals surface area contributed by atoms with E-state index in [0.717, 1.165) is 30.4 Å². The number of fused-ring (bicyclic) bond motifs is 1. The summed E-state index contributed by atoms with van der Waals surface area (Å²) in [6.45, 7) is 10.6. The Kier molecular flexibility index (Phi) is 9.23. The second-order valence-corrected chi connectivity index (χ2v) is 9.09. The van der Waals surface area contributed by atoms with Gasteiger partial charge < -0.3 is 29.5 Å². The van der Waals surface area contributed by atoms with E-state index in [1.165, 1.54) is 0 Å². The molecule has 1 aromatic carbocycles. The molecule has 174 valence electrons. The molecule has 1 unspecified atom stereocenters. The number of hydrogen-bond acceptors (Lipinski definition) is 7. The van der Waals surface area contributed by atoms with Gasteiger partial charge in [-0.15, -0.1) is 24.0 Å². The Bertz CT molecular complexity index is 766. The van der Waals surface area contributed by atoms with E-state index in [1.807, 2.05) is 47.0 Å². The second-order valence-electron chi connectivity index (χ2n) is 9.09. The number of carbonyl (C=O) groups excluding carboxylic acids is 1. The highest BCUT2D eigenvalue weighted by Gasteiger charge is 2.36. The lowest BCUT2D eigenvalue weighted by Gasteiger charge is -2.39. The van der Waals surface area contributed by atoms with Crippen LogP contribution >= 0.6 is 24.0 Å². The van der Waals surface area contributed by atoms with Crippen molar-refractivity contribution in [1.82, 2.24) is 20.0 Å². The van der Waals surface area contributed by atoms with E-state index < -0.39 is 5.60 Å². The minimum Gasteiger partial charge on any atom is -0.492 e. The van der Waals surface area contributed by atoms with Crippen molar-refractivity contribution in [3.63, 3.8) is 0 Å². The molecular formula is C22H36IN5O3. The quantitative estimate of drug-likeness (QED) is 0.555. The zero-order valence-corrected chi connectivity index (χ0v) is 21.6. The van der Waals surface area contributed by atoms with Crippen molar-refractivity contribution in [3.05, 3.63) is 29.8 Å². The zero-order valence-electron chi connectivity index (χ0n) is 19.3. The van der Waals surface area contributed by atoms with Crippen LogP contribution in [0, 0.1) is 0 Å². The lowest BCUT2D eigenvalue weighted by atomic mass is 10.2. The Morgan fingerprint density at radius 1 is 1.29 bits per heavy atom. The fourth-order valence-electron chi connectivity index (χ4n) is 3.50. The summed E-state index contributed by atoms with van der Waals surface area (Å²) in [5.41, 5.74) is 0.675. The van der Waals surface area contributed by atoms with Gasteiger partial charge in [0.15, 0.2) is 5.96 Å². The zero-order chi connectivity index (χ0) is 21.7. The number of likely N-dealkylation sites (N-methyl/N-ethyl adjacent to an activating group) is 1. The van der Waals surface area contributed by atoms with Gasteiger partial charge in [0.2, 0.25) is 0 Å².